The molecule has 0 saturated carbocycles. The molecular formula is C16H32N2O4. The molecule has 0 unspecified atom stereocenters. The zero-order chi connectivity index (χ0) is 16.8. The topological polar surface area (TPSA) is 76.7 Å². The normalized spacial score (nSPS) is 11.3. The molecule has 2 N–H and O–H groups in total. The molecule has 0 radical (unpaired) electrons. The van der Waals surface area contributed by atoms with Gasteiger partial charge >= 0.3 is 0 Å². The van der Waals surface area contributed by atoms with E-state index >= 15 is 0 Å². The summed E-state index contributed by atoms with van der Waals surface area (Å²) in [5.74, 6) is 0.0108. The molecule has 0 aromatic heterocycles. The summed E-state index contributed by atoms with van der Waals surface area (Å²) in [5, 5.41) is 5.61. The van der Waals surface area contributed by atoms with Crippen molar-refractivity contribution in [3.63, 3.8) is 0 Å². The molecule has 22 heavy (non-hydrogen) atoms. The monoisotopic (exact) mass is 316 g/mol. The van der Waals surface area contributed by atoms with Gasteiger partial charge in [-0.1, -0.05) is 27.7 Å². The van der Waals surface area contributed by atoms with Gasteiger partial charge in [0.05, 0.1) is 19.8 Å². The number of carbonyl (C=O) groups is 2. The highest BCUT2D eigenvalue weighted by molar-refractivity contribution is 5.81. The fraction of sp³-hybridized carbons (Fsp3) is 0.875. The molecule has 0 aromatic rings. The Morgan fingerprint density at radius 1 is 0.909 bits per heavy atom. The van der Waals surface area contributed by atoms with E-state index in [-0.39, 0.29) is 17.2 Å². The Kier molecular flexibility index (Phi) is 11.8. The maximum Gasteiger partial charge on any atom is 0.225 e. The lowest BCUT2D eigenvalue weighted by Crippen LogP contribution is -2.38. The summed E-state index contributed by atoms with van der Waals surface area (Å²) in [5.41, 5.74) is -0.339. The van der Waals surface area contributed by atoms with Crippen molar-refractivity contribution >= 4 is 11.8 Å². The third-order valence-electron chi connectivity index (χ3n) is 3.42. The van der Waals surface area contributed by atoms with Crippen molar-refractivity contribution in [2.45, 2.75) is 47.0 Å². The molecule has 0 aliphatic carbocycles. The summed E-state index contributed by atoms with van der Waals surface area (Å²) in [6.07, 6.45) is 2.14. The largest absolute Gasteiger partial charge is 0.381 e. The van der Waals surface area contributed by atoms with Crippen LogP contribution in [0.5, 0.6) is 0 Å². The number of amides is 2. The van der Waals surface area contributed by atoms with Crippen LogP contribution in [0.1, 0.15) is 47.0 Å². The van der Waals surface area contributed by atoms with Crippen LogP contribution in [-0.4, -0.2) is 51.3 Å². The van der Waals surface area contributed by atoms with E-state index in [0.717, 1.165) is 12.8 Å². The molecule has 0 aromatic carbocycles. The standard InChI is InChI=1S/C16H32N2O4/c1-5-10-21-11-7-14(19)17-8-12-22-13-9-18-15(20)16(3,4)6-2/h5-13H2,1-4H3,(H,17,19)(H,18,20). The number of ether oxygens (including phenoxy) is 2. The molecule has 2 amide bonds. The van der Waals surface area contributed by atoms with Gasteiger partial charge in [0.2, 0.25) is 11.8 Å². The van der Waals surface area contributed by atoms with Crippen LogP contribution in [0, 0.1) is 5.41 Å². The van der Waals surface area contributed by atoms with Gasteiger partial charge in [-0.15, -0.1) is 0 Å². The Morgan fingerprint density at radius 3 is 2.09 bits per heavy atom. The second kappa shape index (κ2) is 12.4. The molecular weight excluding hydrogens is 284 g/mol. The summed E-state index contributed by atoms with van der Waals surface area (Å²) in [7, 11) is 0. The van der Waals surface area contributed by atoms with Crippen molar-refractivity contribution in [3.05, 3.63) is 0 Å². The van der Waals surface area contributed by atoms with Crippen LogP contribution in [0.3, 0.4) is 0 Å². The van der Waals surface area contributed by atoms with E-state index in [1.54, 1.807) is 0 Å². The SMILES string of the molecule is CCCOCCC(=O)NCCOCCNC(=O)C(C)(C)CC. The Balaban J connectivity index is 3.43. The highest BCUT2D eigenvalue weighted by Crippen LogP contribution is 2.18. The Hall–Kier alpha value is -1.14. The summed E-state index contributed by atoms with van der Waals surface area (Å²) in [6, 6.07) is 0. The van der Waals surface area contributed by atoms with Crippen molar-refractivity contribution in [3.8, 4) is 0 Å². The van der Waals surface area contributed by atoms with E-state index in [4.69, 9.17) is 9.47 Å². The van der Waals surface area contributed by atoms with Gasteiger partial charge in [0.1, 0.15) is 0 Å². The molecule has 0 bridgehead atoms. The maximum atomic E-state index is 11.8. The molecule has 0 rings (SSSR count). The third-order valence-corrected chi connectivity index (χ3v) is 3.42. The zero-order valence-electron chi connectivity index (χ0n) is 14.5. The number of nitrogens with one attached hydrogen (secondary N) is 2. The van der Waals surface area contributed by atoms with E-state index in [9.17, 15) is 9.59 Å². The zero-order valence-corrected chi connectivity index (χ0v) is 14.5. The smallest absolute Gasteiger partial charge is 0.225 e. The minimum Gasteiger partial charge on any atom is -0.381 e. The number of hydrogen-bond donors (Lipinski definition) is 2. The molecule has 0 aliphatic rings. The Bertz CT molecular complexity index is 319. The predicted octanol–water partition coefficient (Wildman–Crippen LogP) is 1.49. The van der Waals surface area contributed by atoms with Crippen molar-refractivity contribution in [1.29, 1.82) is 0 Å². The lowest BCUT2D eigenvalue weighted by Gasteiger charge is -2.21. The lowest BCUT2D eigenvalue weighted by molar-refractivity contribution is -0.129. The fourth-order valence-corrected chi connectivity index (χ4v) is 1.50. The predicted molar refractivity (Wildman–Crippen MR) is 86.6 cm³/mol. The minimum absolute atomic E-state index is 0.0299. The van der Waals surface area contributed by atoms with Crippen molar-refractivity contribution in [2.24, 2.45) is 5.41 Å². The lowest BCUT2D eigenvalue weighted by atomic mass is 9.89. The van der Waals surface area contributed by atoms with Gasteiger partial charge in [0.25, 0.3) is 0 Å². The second-order valence-electron chi connectivity index (χ2n) is 5.82. The Morgan fingerprint density at radius 2 is 1.50 bits per heavy atom. The molecule has 0 saturated heterocycles. The molecule has 6 nitrogen and oxygen atoms in total. The average Bonchev–Trinajstić information content (AvgIpc) is 2.50. The van der Waals surface area contributed by atoms with Crippen LogP contribution in [0.2, 0.25) is 0 Å². The first kappa shape index (κ1) is 20.9. The fourth-order valence-electron chi connectivity index (χ4n) is 1.50. The van der Waals surface area contributed by atoms with Crippen molar-refractivity contribution < 1.29 is 19.1 Å². The van der Waals surface area contributed by atoms with E-state index in [1.807, 2.05) is 27.7 Å². The quantitative estimate of drug-likeness (QED) is 0.505. The summed E-state index contributed by atoms with van der Waals surface area (Å²) in [6.45, 7) is 10.9. The third kappa shape index (κ3) is 10.6. The molecule has 0 fully saturated rings. The molecule has 0 aliphatic heterocycles. The van der Waals surface area contributed by atoms with Crippen LogP contribution in [0.4, 0.5) is 0 Å². The first-order chi connectivity index (χ1) is 10.4. The van der Waals surface area contributed by atoms with Gasteiger partial charge in [-0.2, -0.15) is 0 Å². The van der Waals surface area contributed by atoms with Gasteiger partial charge in [0.15, 0.2) is 0 Å². The van der Waals surface area contributed by atoms with Gasteiger partial charge in [-0.25, -0.2) is 0 Å². The first-order valence-electron chi connectivity index (χ1n) is 8.14. The van der Waals surface area contributed by atoms with Gasteiger partial charge in [0, 0.05) is 31.5 Å². The van der Waals surface area contributed by atoms with Crippen molar-refractivity contribution in [2.75, 3.05) is 39.5 Å². The summed E-state index contributed by atoms with van der Waals surface area (Å²) in [4.78, 5) is 23.2. The van der Waals surface area contributed by atoms with E-state index in [2.05, 4.69) is 10.6 Å². The average molecular weight is 316 g/mol. The van der Waals surface area contributed by atoms with Crippen LogP contribution >= 0.6 is 0 Å². The Labute approximate surface area is 134 Å². The number of hydrogen-bond acceptors (Lipinski definition) is 4. The van der Waals surface area contributed by atoms with E-state index < -0.39 is 0 Å². The van der Waals surface area contributed by atoms with Crippen LogP contribution in [0.15, 0.2) is 0 Å². The van der Waals surface area contributed by atoms with Crippen LogP contribution < -0.4 is 10.6 Å². The van der Waals surface area contributed by atoms with Crippen molar-refractivity contribution in [1.82, 2.24) is 10.6 Å². The highest BCUT2D eigenvalue weighted by atomic mass is 16.5. The van der Waals surface area contributed by atoms with E-state index in [1.165, 1.54) is 0 Å². The summed E-state index contributed by atoms with van der Waals surface area (Å²) >= 11 is 0. The molecule has 0 atom stereocenters. The minimum atomic E-state index is -0.339. The van der Waals surface area contributed by atoms with Crippen LogP contribution in [0.25, 0.3) is 0 Å². The first-order valence-corrected chi connectivity index (χ1v) is 8.14. The van der Waals surface area contributed by atoms with Gasteiger partial charge < -0.3 is 20.1 Å². The highest BCUT2D eigenvalue weighted by Gasteiger charge is 2.24. The van der Waals surface area contributed by atoms with Gasteiger partial charge in [-0.3, -0.25) is 9.59 Å². The molecule has 0 spiro atoms. The molecule has 0 heterocycles. The molecule has 130 valence electrons. The number of rotatable bonds is 13. The van der Waals surface area contributed by atoms with E-state index in [0.29, 0.717) is 45.9 Å². The summed E-state index contributed by atoms with van der Waals surface area (Å²) < 4.78 is 10.6. The van der Waals surface area contributed by atoms with Crippen LogP contribution in [-0.2, 0) is 19.1 Å². The maximum absolute atomic E-state index is 11.8. The second-order valence-corrected chi connectivity index (χ2v) is 5.82. The molecule has 6 heteroatoms. The number of carbonyl (C=O) groups excluding carboxylic acids is 2. The van der Waals surface area contributed by atoms with Gasteiger partial charge in [-0.05, 0) is 12.8 Å².